The summed E-state index contributed by atoms with van der Waals surface area (Å²) in [6.45, 7) is 1.79. The highest BCUT2D eigenvalue weighted by atomic mass is 19.1. The van der Waals surface area contributed by atoms with Crippen molar-refractivity contribution in [1.82, 2.24) is 10.2 Å². The van der Waals surface area contributed by atoms with Crippen molar-refractivity contribution in [2.24, 2.45) is 0 Å². The van der Waals surface area contributed by atoms with Crippen molar-refractivity contribution in [1.29, 1.82) is 0 Å². The Balaban J connectivity index is 2.20. The number of carbonyl (C=O) groups is 2. The maximum Gasteiger partial charge on any atom is 0.246 e. The predicted octanol–water partition coefficient (Wildman–Crippen LogP) is 0.673. The molecule has 1 N–H and O–H groups in total. The van der Waals surface area contributed by atoms with E-state index in [1.165, 1.54) is 6.07 Å². The topological polar surface area (TPSA) is 49.4 Å². The van der Waals surface area contributed by atoms with Gasteiger partial charge in [0.15, 0.2) is 0 Å². The predicted molar refractivity (Wildman–Crippen MR) is 59.4 cm³/mol. The molecule has 5 heteroatoms. The van der Waals surface area contributed by atoms with Gasteiger partial charge in [-0.1, -0.05) is 18.2 Å². The van der Waals surface area contributed by atoms with Crippen LogP contribution in [0.4, 0.5) is 4.39 Å². The van der Waals surface area contributed by atoms with E-state index in [0.29, 0.717) is 5.56 Å². The van der Waals surface area contributed by atoms with Gasteiger partial charge >= 0.3 is 0 Å². The number of benzene rings is 1. The van der Waals surface area contributed by atoms with E-state index in [0.717, 1.165) is 4.90 Å². The van der Waals surface area contributed by atoms with Crippen molar-refractivity contribution in [3.8, 4) is 0 Å². The highest BCUT2D eigenvalue weighted by molar-refractivity contribution is 6.00. The van der Waals surface area contributed by atoms with Gasteiger partial charge in [0.1, 0.15) is 5.82 Å². The van der Waals surface area contributed by atoms with Crippen LogP contribution in [0, 0.1) is 5.82 Å². The standard InChI is InChI=1S/C12H13FN2O2/c1-8-12(17)15(11(16)6-14-8)7-9-4-2-3-5-10(9)13/h2-5,8,14H,6-7H2,1H3. The van der Waals surface area contributed by atoms with E-state index in [-0.39, 0.29) is 24.9 Å². The number of nitrogens with one attached hydrogen (secondary N) is 1. The second kappa shape index (κ2) is 4.63. The van der Waals surface area contributed by atoms with Gasteiger partial charge in [0.05, 0.1) is 19.1 Å². The van der Waals surface area contributed by atoms with E-state index in [1.54, 1.807) is 25.1 Å². The van der Waals surface area contributed by atoms with Gasteiger partial charge in [-0.3, -0.25) is 19.8 Å². The lowest BCUT2D eigenvalue weighted by molar-refractivity contribution is -0.149. The smallest absolute Gasteiger partial charge is 0.246 e. The van der Waals surface area contributed by atoms with Crippen molar-refractivity contribution in [2.45, 2.75) is 19.5 Å². The molecule has 0 saturated carbocycles. The molecule has 1 aromatic carbocycles. The molecular weight excluding hydrogens is 223 g/mol. The van der Waals surface area contributed by atoms with Crippen molar-refractivity contribution in [3.05, 3.63) is 35.6 Å². The van der Waals surface area contributed by atoms with Crippen LogP contribution in [0.2, 0.25) is 0 Å². The van der Waals surface area contributed by atoms with Crippen LogP contribution in [0.5, 0.6) is 0 Å². The van der Waals surface area contributed by atoms with Gasteiger partial charge in [0.25, 0.3) is 0 Å². The fraction of sp³-hybridized carbons (Fsp3) is 0.333. The highest BCUT2D eigenvalue weighted by Crippen LogP contribution is 2.12. The van der Waals surface area contributed by atoms with E-state index < -0.39 is 11.9 Å². The first kappa shape index (κ1) is 11.7. The Morgan fingerprint density at radius 3 is 2.82 bits per heavy atom. The largest absolute Gasteiger partial charge is 0.298 e. The highest BCUT2D eigenvalue weighted by Gasteiger charge is 2.31. The zero-order valence-corrected chi connectivity index (χ0v) is 9.44. The van der Waals surface area contributed by atoms with Gasteiger partial charge in [0.2, 0.25) is 11.8 Å². The molecule has 1 fully saturated rings. The SMILES string of the molecule is CC1NCC(=O)N(Cc2ccccc2F)C1=O. The number of halogens is 1. The Morgan fingerprint density at radius 1 is 1.41 bits per heavy atom. The summed E-state index contributed by atoms with van der Waals surface area (Å²) in [5, 5.41) is 2.78. The number of piperazine rings is 1. The number of rotatable bonds is 2. The molecular formula is C12H13FN2O2. The third kappa shape index (κ3) is 2.34. The number of hydrogen-bond acceptors (Lipinski definition) is 3. The molecule has 0 bridgehead atoms. The Labute approximate surface area is 98.4 Å². The summed E-state index contributed by atoms with van der Waals surface area (Å²) < 4.78 is 13.4. The lowest BCUT2D eigenvalue weighted by Crippen LogP contribution is -2.56. The van der Waals surface area contributed by atoms with Crippen LogP contribution in [0.1, 0.15) is 12.5 Å². The molecule has 0 radical (unpaired) electrons. The summed E-state index contributed by atoms with van der Waals surface area (Å²) in [4.78, 5) is 24.5. The maximum absolute atomic E-state index is 13.4. The summed E-state index contributed by atoms with van der Waals surface area (Å²) in [6, 6.07) is 5.74. The molecule has 2 rings (SSSR count). The molecule has 0 aromatic heterocycles. The van der Waals surface area contributed by atoms with Crippen LogP contribution < -0.4 is 5.32 Å². The Kier molecular flexibility index (Phi) is 3.19. The zero-order chi connectivity index (χ0) is 12.4. The van der Waals surface area contributed by atoms with Gasteiger partial charge in [-0.05, 0) is 13.0 Å². The van der Waals surface area contributed by atoms with Crippen molar-refractivity contribution >= 4 is 11.8 Å². The third-order valence-corrected chi connectivity index (χ3v) is 2.78. The fourth-order valence-electron chi connectivity index (χ4n) is 1.74. The number of imide groups is 1. The molecule has 1 atom stereocenters. The minimum absolute atomic E-state index is 0.00361. The Bertz CT molecular complexity index is 462. The molecule has 1 heterocycles. The second-order valence-electron chi connectivity index (χ2n) is 4.01. The summed E-state index contributed by atoms with van der Waals surface area (Å²) in [6.07, 6.45) is 0. The number of carbonyl (C=O) groups excluding carboxylic acids is 2. The molecule has 2 amide bonds. The summed E-state index contributed by atoms with van der Waals surface area (Å²) >= 11 is 0. The van der Waals surface area contributed by atoms with Gasteiger partial charge in [-0.15, -0.1) is 0 Å². The molecule has 0 aliphatic carbocycles. The molecule has 4 nitrogen and oxygen atoms in total. The van der Waals surface area contributed by atoms with E-state index in [2.05, 4.69) is 5.32 Å². The number of hydrogen-bond donors (Lipinski definition) is 1. The summed E-state index contributed by atoms with van der Waals surface area (Å²) in [5.74, 6) is -1.04. The van der Waals surface area contributed by atoms with Crippen LogP contribution in [-0.4, -0.2) is 29.3 Å². The van der Waals surface area contributed by atoms with Gasteiger partial charge in [0, 0.05) is 5.56 Å². The van der Waals surface area contributed by atoms with Crippen LogP contribution in [0.25, 0.3) is 0 Å². The van der Waals surface area contributed by atoms with E-state index >= 15 is 0 Å². The molecule has 90 valence electrons. The Hall–Kier alpha value is -1.75. The number of amides is 2. The molecule has 1 aliphatic heterocycles. The van der Waals surface area contributed by atoms with E-state index in [1.807, 2.05) is 0 Å². The monoisotopic (exact) mass is 236 g/mol. The minimum atomic E-state index is -0.403. The molecule has 1 aromatic rings. The Morgan fingerprint density at radius 2 is 2.12 bits per heavy atom. The molecule has 1 aliphatic rings. The second-order valence-corrected chi connectivity index (χ2v) is 4.01. The van der Waals surface area contributed by atoms with Gasteiger partial charge in [-0.2, -0.15) is 0 Å². The molecule has 1 unspecified atom stereocenters. The van der Waals surface area contributed by atoms with Crippen molar-refractivity contribution in [3.63, 3.8) is 0 Å². The lowest BCUT2D eigenvalue weighted by atomic mass is 10.1. The first-order valence-electron chi connectivity index (χ1n) is 5.40. The van der Waals surface area contributed by atoms with Crippen molar-refractivity contribution < 1.29 is 14.0 Å². The van der Waals surface area contributed by atoms with Gasteiger partial charge < -0.3 is 0 Å². The summed E-state index contributed by atoms with van der Waals surface area (Å²) in [7, 11) is 0. The van der Waals surface area contributed by atoms with E-state index in [4.69, 9.17) is 0 Å². The first-order chi connectivity index (χ1) is 8.09. The minimum Gasteiger partial charge on any atom is -0.298 e. The first-order valence-corrected chi connectivity index (χ1v) is 5.40. The van der Waals surface area contributed by atoms with Crippen LogP contribution in [0.3, 0.4) is 0 Å². The average Bonchev–Trinajstić information content (AvgIpc) is 2.32. The third-order valence-electron chi connectivity index (χ3n) is 2.78. The zero-order valence-electron chi connectivity index (χ0n) is 9.44. The average molecular weight is 236 g/mol. The van der Waals surface area contributed by atoms with Crippen LogP contribution in [0.15, 0.2) is 24.3 Å². The summed E-state index contributed by atoms with van der Waals surface area (Å²) in [5.41, 5.74) is 0.350. The normalized spacial score (nSPS) is 20.8. The van der Waals surface area contributed by atoms with E-state index in [9.17, 15) is 14.0 Å². The van der Waals surface area contributed by atoms with Crippen LogP contribution in [-0.2, 0) is 16.1 Å². The van der Waals surface area contributed by atoms with Gasteiger partial charge in [-0.25, -0.2) is 4.39 Å². The number of nitrogens with zero attached hydrogens (tertiary/aromatic N) is 1. The lowest BCUT2D eigenvalue weighted by Gasteiger charge is -2.29. The van der Waals surface area contributed by atoms with Crippen LogP contribution >= 0.6 is 0 Å². The molecule has 0 spiro atoms. The fourth-order valence-corrected chi connectivity index (χ4v) is 1.74. The maximum atomic E-state index is 13.4. The molecule has 1 saturated heterocycles. The molecule has 17 heavy (non-hydrogen) atoms. The quantitative estimate of drug-likeness (QED) is 0.768. The van der Waals surface area contributed by atoms with Crippen molar-refractivity contribution in [2.75, 3.05) is 6.54 Å².